The van der Waals surface area contributed by atoms with Crippen molar-refractivity contribution in [3.63, 3.8) is 0 Å². The second-order valence-electron chi connectivity index (χ2n) is 3.72. The van der Waals surface area contributed by atoms with E-state index in [1.165, 1.54) is 11.8 Å². The van der Waals surface area contributed by atoms with Crippen molar-refractivity contribution in [3.8, 4) is 0 Å². The number of rotatable bonds is 3. The predicted octanol–water partition coefficient (Wildman–Crippen LogP) is 2.83. The van der Waals surface area contributed by atoms with Crippen LogP contribution in [0.5, 0.6) is 0 Å². The van der Waals surface area contributed by atoms with E-state index in [9.17, 15) is 0 Å². The maximum absolute atomic E-state index is 5.68. The third-order valence-corrected chi connectivity index (χ3v) is 3.44. The molecule has 3 rings (SSSR count). The summed E-state index contributed by atoms with van der Waals surface area (Å²) >= 11 is 1.40. The van der Waals surface area contributed by atoms with Crippen molar-refractivity contribution in [2.75, 3.05) is 0 Å². The number of pyridine rings is 1. The van der Waals surface area contributed by atoms with E-state index in [4.69, 9.17) is 10.2 Å². The van der Waals surface area contributed by atoms with Crippen LogP contribution in [0.15, 0.2) is 57.3 Å². The van der Waals surface area contributed by atoms with Gasteiger partial charge in [-0.2, -0.15) is 0 Å². The fourth-order valence-electron chi connectivity index (χ4n) is 1.65. The normalized spacial score (nSPS) is 10.9. The highest BCUT2D eigenvalue weighted by molar-refractivity contribution is 7.99. The number of aromatic nitrogens is 2. The Labute approximate surface area is 108 Å². The zero-order valence-corrected chi connectivity index (χ0v) is 10.4. The van der Waals surface area contributed by atoms with Crippen molar-refractivity contribution < 1.29 is 4.42 Å². The van der Waals surface area contributed by atoms with Gasteiger partial charge in [0, 0.05) is 12.7 Å². The van der Waals surface area contributed by atoms with E-state index < -0.39 is 0 Å². The minimum absolute atomic E-state index is 0.455. The topological polar surface area (TPSA) is 64.9 Å². The first kappa shape index (κ1) is 11.3. The van der Waals surface area contributed by atoms with E-state index in [2.05, 4.69) is 9.97 Å². The highest BCUT2D eigenvalue weighted by Gasteiger charge is 2.10. The van der Waals surface area contributed by atoms with Gasteiger partial charge in [-0.3, -0.25) is 0 Å². The van der Waals surface area contributed by atoms with Gasteiger partial charge in [0.25, 0.3) is 5.22 Å². The van der Waals surface area contributed by atoms with Crippen LogP contribution in [0, 0.1) is 0 Å². The SMILES string of the molecule is NCc1cccnc1Sc1nc2ccccc2o1. The lowest BCUT2D eigenvalue weighted by molar-refractivity contribution is 0.489. The lowest BCUT2D eigenvalue weighted by atomic mass is 10.3. The zero-order valence-electron chi connectivity index (χ0n) is 9.54. The fourth-order valence-corrected chi connectivity index (χ4v) is 2.49. The molecule has 0 unspecified atom stereocenters. The number of fused-ring (bicyclic) bond motifs is 1. The van der Waals surface area contributed by atoms with E-state index in [1.54, 1.807) is 6.20 Å². The molecular formula is C13H11N3OS. The van der Waals surface area contributed by atoms with Crippen LogP contribution < -0.4 is 5.73 Å². The molecule has 0 aliphatic carbocycles. The number of para-hydroxylation sites is 2. The molecule has 0 aliphatic rings. The molecule has 4 nitrogen and oxygen atoms in total. The van der Waals surface area contributed by atoms with Gasteiger partial charge in [-0.25, -0.2) is 9.97 Å². The number of oxazole rings is 1. The van der Waals surface area contributed by atoms with Gasteiger partial charge < -0.3 is 10.2 Å². The van der Waals surface area contributed by atoms with E-state index in [0.717, 1.165) is 21.7 Å². The Morgan fingerprint density at radius 1 is 1.17 bits per heavy atom. The molecule has 2 N–H and O–H groups in total. The Kier molecular flexibility index (Phi) is 3.00. The first-order valence-electron chi connectivity index (χ1n) is 5.54. The van der Waals surface area contributed by atoms with Gasteiger partial charge in [-0.05, 0) is 35.5 Å². The van der Waals surface area contributed by atoms with Crippen molar-refractivity contribution >= 4 is 22.9 Å². The van der Waals surface area contributed by atoms with Gasteiger partial charge in [0.05, 0.1) is 0 Å². The minimum Gasteiger partial charge on any atom is -0.431 e. The lowest BCUT2D eigenvalue weighted by Crippen LogP contribution is -1.99. The molecule has 0 bridgehead atoms. The lowest BCUT2D eigenvalue weighted by Gasteiger charge is -2.02. The number of hydrogen-bond acceptors (Lipinski definition) is 5. The van der Waals surface area contributed by atoms with E-state index >= 15 is 0 Å². The molecule has 1 aromatic carbocycles. The Morgan fingerprint density at radius 3 is 2.89 bits per heavy atom. The van der Waals surface area contributed by atoms with Gasteiger partial charge in [0.2, 0.25) is 0 Å². The summed E-state index contributed by atoms with van der Waals surface area (Å²) in [6.45, 7) is 0.455. The maximum Gasteiger partial charge on any atom is 0.263 e. The van der Waals surface area contributed by atoms with Crippen molar-refractivity contribution in [1.82, 2.24) is 9.97 Å². The van der Waals surface area contributed by atoms with Crippen molar-refractivity contribution in [3.05, 3.63) is 48.2 Å². The first-order chi connectivity index (χ1) is 8.86. The molecule has 0 atom stereocenters. The molecule has 2 heterocycles. The number of hydrogen-bond donors (Lipinski definition) is 1. The zero-order chi connectivity index (χ0) is 12.4. The van der Waals surface area contributed by atoms with Crippen molar-refractivity contribution in [1.29, 1.82) is 0 Å². The molecule has 0 aliphatic heterocycles. The van der Waals surface area contributed by atoms with Crippen molar-refractivity contribution in [2.45, 2.75) is 16.8 Å². The van der Waals surface area contributed by atoms with Crippen LogP contribution in [0.1, 0.15) is 5.56 Å². The number of nitrogens with zero attached hydrogens (tertiary/aromatic N) is 2. The molecule has 90 valence electrons. The van der Waals surface area contributed by atoms with Crippen LogP contribution in [-0.4, -0.2) is 9.97 Å². The molecule has 0 fully saturated rings. The molecule has 0 amide bonds. The van der Waals surface area contributed by atoms with E-state index in [-0.39, 0.29) is 0 Å². The second kappa shape index (κ2) is 4.80. The minimum atomic E-state index is 0.455. The smallest absolute Gasteiger partial charge is 0.263 e. The van der Waals surface area contributed by atoms with Gasteiger partial charge in [0.1, 0.15) is 10.5 Å². The van der Waals surface area contributed by atoms with Gasteiger partial charge in [0.15, 0.2) is 5.58 Å². The number of nitrogens with two attached hydrogens (primary N) is 1. The van der Waals surface area contributed by atoms with E-state index in [0.29, 0.717) is 11.8 Å². The number of benzene rings is 1. The molecule has 0 saturated heterocycles. The summed E-state index contributed by atoms with van der Waals surface area (Å²) in [4.78, 5) is 8.70. The Hall–Kier alpha value is -1.85. The largest absolute Gasteiger partial charge is 0.431 e. The summed E-state index contributed by atoms with van der Waals surface area (Å²) in [6.07, 6.45) is 1.74. The van der Waals surface area contributed by atoms with Crippen LogP contribution in [0.3, 0.4) is 0 Å². The van der Waals surface area contributed by atoms with Crippen molar-refractivity contribution in [2.24, 2.45) is 5.73 Å². The summed E-state index contributed by atoms with van der Waals surface area (Å²) in [5, 5.41) is 1.43. The highest BCUT2D eigenvalue weighted by atomic mass is 32.2. The maximum atomic E-state index is 5.68. The highest BCUT2D eigenvalue weighted by Crippen LogP contribution is 2.30. The van der Waals surface area contributed by atoms with Gasteiger partial charge in [-0.1, -0.05) is 18.2 Å². The summed E-state index contributed by atoms with van der Waals surface area (Å²) in [6, 6.07) is 11.5. The molecule has 0 spiro atoms. The summed E-state index contributed by atoms with van der Waals surface area (Å²) < 4.78 is 5.64. The predicted molar refractivity (Wildman–Crippen MR) is 70.3 cm³/mol. The standard InChI is InChI=1S/C13H11N3OS/c14-8-9-4-3-7-15-12(9)18-13-16-10-5-1-2-6-11(10)17-13/h1-7H,8,14H2. The van der Waals surface area contributed by atoms with E-state index in [1.807, 2.05) is 36.4 Å². The summed E-state index contributed by atoms with van der Waals surface area (Å²) in [5.41, 5.74) is 8.30. The molecule has 18 heavy (non-hydrogen) atoms. The summed E-state index contributed by atoms with van der Waals surface area (Å²) in [5.74, 6) is 0. The second-order valence-corrected chi connectivity index (χ2v) is 4.66. The van der Waals surface area contributed by atoms with Crippen LogP contribution >= 0.6 is 11.8 Å². The average molecular weight is 257 g/mol. The van der Waals surface area contributed by atoms with Crippen LogP contribution in [0.2, 0.25) is 0 Å². The average Bonchev–Trinajstić information content (AvgIpc) is 2.81. The van der Waals surface area contributed by atoms with Crippen LogP contribution in [0.25, 0.3) is 11.1 Å². The van der Waals surface area contributed by atoms with Gasteiger partial charge >= 0.3 is 0 Å². The Balaban J connectivity index is 1.96. The van der Waals surface area contributed by atoms with Crippen LogP contribution in [0.4, 0.5) is 0 Å². The molecule has 3 aromatic rings. The Bertz CT molecular complexity index is 648. The molecule has 5 heteroatoms. The third kappa shape index (κ3) is 2.10. The first-order valence-corrected chi connectivity index (χ1v) is 6.36. The molecular weight excluding hydrogens is 246 g/mol. The van der Waals surface area contributed by atoms with Crippen LogP contribution in [-0.2, 0) is 6.54 Å². The monoisotopic (exact) mass is 257 g/mol. The Morgan fingerprint density at radius 2 is 2.06 bits per heavy atom. The molecule has 0 saturated carbocycles. The van der Waals surface area contributed by atoms with Gasteiger partial charge in [-0.15, -0.1) is 0 Å². The molecule has 2 aromatic heterocycles. The quantitative estimate of drug-likeness (QED) is 0.781. The fraction of sp³-hybridized carbons (Fsp3) is 0.0769. The third-order valence-electron chi connectivity index (χ3n) is 2.53. The summed E-state index contributed by atoms with van der Waals surface area (Å²) in [7, 11) is 0. The molecule has 0 radical (unpaired) electrons.